The van der Waals surface area contributed by atoms with Gasteiger partial charge in [-0.05, 0) is 35.6 Å². The van der Waals surface area contributed by atoms with Gasteiger partial charge in [0.05, 0.1) is 0 Å². The molecule has 1 aliphatic carbocycles. The highest BCUT2D eigenvalue weighted by Crippen LogP contribution is 2.44. The molecule has 0 radical (unpaired) electrons. The maximum Gasteiger partial charge on any atom is 0.410 e. The lowest BCUT2D eigenvalue weighted by Crippen LogP contribution is -2.60. The van der Waals surface area contributed by atoms with Crippen LogP contribution in [0.4, 0.5) is 4.79 Å². The molecule has 5 nitrogen and oxygen atoms in total. The average Bonchev–Trinajstić information content (AvgIpc) is 2.91. The number of amides is 1. The van der Waals surface area contributed by atoms with E-state index in [0.29, 0.717) is 6.42 Å². The number of benzene rings is 2. The summed E-state index contributed by atoms with van der Waals surface area (Å²) in [5, 5.41) is 9.16. The van der Waals surface area contributed by atoms with E-state index >= 15 is 0 Å². The van der Waals surface area contributed by atoms with Gasteiger partial charge in [-0.2, -0.15) is 0 Å². The molecule has 5 heteroatoms. The Hall–Kier alpha value is -2.82. The number of fused-ring (bicyclic) bond motifs is 3. The van der Waals surface area contributed by atoms with E-state index in [1.165, 1.54) is 16.0 Å². The molecule has 0 spiro atoms. The summed E-state index contributed by atoms with van der Waals surface area (Å²) < 4.78 is 5.52. The van der Waals surface area contributed by atoms with Gasteiger partial charge in [0.2, 0.25) is 0 Å². The first-order chi connectivity index (χ1) is 12.1. The summed E-state index contributed by atoms with van der Waals surface area (Å²) in [7, 11) is 0. The molecular formula is C20H19NO4. The minimum absolute atomic E-state index is 0.0174. The van der Waals surface area contributed by atoms with E-state index in [0.717, 1.165) is 11.1 Å². The smallest absolute Gasteiger partial charge is 0.410 e. The number of ether oxygens (including phenoxy) is 1. The zero-order valence-electron chi connectivity index (χ0n) is 13.9. The maximum atomic E-state index is 12.4. The van der Waals surface area contributed by atoms with Crippen LogP contribution in [0, 0.1) is 0 Å². The van der Waals surface area contributed by atoms with Crippen molar-refractivity contribution in [1.82, 2.24) is 4.90 Å². The molecular weight excluding hydrogens is 318 g/mol. The first kappa shape index (κ1) is 15.7. The largest absolute Gasteiger partial charge is 0.480 e. The predicted octanol–water partition coefficient (Wildman–Crippen LogP) is 3.48. The Morgan fingerprint density at radius 3 is 2.16 bits per heavy atom. The molecule has 128 valence electrons. The Kier molecular flexibility index (Phi) is 3.71. The summed E-state index contributed by atoms with van der Waals surface area (Å²) in [6.07, 6.45) is -0.0764. The lowest BCUT2D eigenvalue weighted by atomic mass is 9.95. The molecule has 0 saturated carbocycles. The summed E-state index contributed by atoms with van der Waals surface area (Å²) in [4.78, 5) is 24.9. The van der Waals surface area contributed by atoms with Gasteiger partial charge in [0, 0.05) is 12.0 Å². The van der Waals surface area contributed by atoms with E-state index in [-0.39, 0.29) is 18.6 Å². The van der Waals surface area contributed by atoms with Crippen LogP contribution in [0.15, 0.2) is 48.5 Å². The van der Waals surface area contributed by atoms with Crippen LogP contribution in [0.3, 0.4) is 0 Å². The number of hydrogen-bond donors (Lipinski definition) is 1. The number of carbonyl (C=O) groups excluding carboxylic acids is 1. The number of hydrogen-bond acceptors (Lipinski definition) is 3. The molecule has 0 bridgehead atoms. The Morgan fingerprint density at radius 2 is 1.64 bits per heavy atom. The monoisotopic (exact) mass is 337 g/mol. The standard InChI is InChI=1S/C20H19NO4/c1-12-10-18(19(22)23)21(12)20(24)25-11-17-15-8-4-2-6-13(15)14-7-3-5-9-16(14)17/h2-9,12,17-18H,10-11H2,1H3,(H,22,23). The zero-order valence-corrected chi connectivity index (χ0v) is 13.9. The van der Waals surface area contributed by atoms with Crippen molar-refractivity contribution in [2.75, 3.05) is 6.61 Å². The second kappa shape index (κ2) is 5.92. The minimum atomic E-state index is -0.980. The van der Waals surface area contributed by atoms with Crippen LogP contribution in [0.1, 0.15) is 30.4 Å². The van der Waals surface area contributed by atoms with Crippen molar-refractivity contribution in [2.24, 2.45) is 0 Å². The molecule has 1 amide bonds. The van der Waals surface area contributed by atoms with Gasteiger partial charge in [-0.25, -0.2) is 9.59 Å². The van der Waals surface area contributed by atoms with Crippen LogP contribution in [0.5, 0.6) is 0 Å². The maximum absolute atomic E-state index is 12.4. The van der Waals surface area contributed by atoms with Crippen molar-refractivity contribution in [3.05, 3.63) is 59.7 Å². The van der Waals surface area contributed by atoms with Gasteiger partial charge >= 0.3 is 12.1 Å². The van der Waals surface area contributed by atoms with Crippen LogP contribution in [0.2, 0.25) is 0 Å². The Morgan fingerprint density at radius 1 is 1.08 bits per heavy atom. The van der Waals surface area contributed by atoms with Crippen molar-refractivity contribution >= 4 is 12.1 Å². The molecule has 2 aromatic carbocycles. The van der Waals surface area contributed by atoms with Crippen molar-refractivity contribution in [3.63, 3.8) is 0 Å². The summed E-state index contributed by atoms with van der Waals surface area (Å²) in [6.45, 7) is 2.04. The second-order valence-corrected chi connectivity index (χ2v) is 6.65. The molecule has 1 fully saturated rings. The van der Waals surface area contributed by atoms with E-state index in [9.17, 15) is 9.59 Å². The van der Waals surface area contributed by atoms with E-state index in [1.54, 1.807) is 0 Å². The summed E-state index contributed by atoms with van der Waals surface area (Å²) in [5.41, 5.74) is 4.62. The molecule has 25 heavy (non-hydrogen) atoms. The van der Waals surface area contributed by atoms with Gasteiger partial charge < -0.3 is 9.84 Å². The highest BCUT2D eigenvalue weighted by Gasteiger charge is 2.44. The normalized spacial score (nSPS) is 21.2. The van der Waals surface area contributed by atoms with E-state index in [1.807, 2.05) is 31.2 Å². The summed E-state index contributed by atoms with van der Waals surface area (Å²) in [6, 6.07) is 15.4. The van der Waals surface area contributed by atoms with Crippen LogP contribution >= 0.6 is 0 Å². The fourth-order valence-electron chi connectivity index (χ4n) is 3.91. The number of carboxylic acid groups (broad SMARTS) is 1. The fourth-order valence-corrected chi connectivity index (χ4v) is 3.91. The lowest BCUT2D eigenvalue weighted by molar-refractivity contribution is -0.149. The molecule has 2 atom stereocenters. The molecule has 1 N–H and O–H groups in total. The molecule has 1 heterocycles. The third-order valence-corrected chi connectivity index (χ3v) is 5.21. The van der Waals surface area contributed by atoms with Gasteiger partial charge in [-0.15, -0.1) is 0 Å². The van der Waals surface area contributed by atoms with E-state index in [4.69, 9.17) is 9.84 Å². The van der Waals surface area contributed by atoms with Gasteiger partial charge in [0.1, 0.15) is 12.6 Å². The third kappa shape index (κ3) is 2.47. The second-order valence-electron chi connectivity index (χ2n) is 6.65. The number of nitrogens with zero attached hydrogens (tertiary/aromatic N) is 1. The van der Waals surface area contributed by atoms with E-state index < -0.39 is 18.1 Å². The fraction of sp³-hybridized carbons (Fsp3) is 0.300. The average molecular weight is 337 g/mol. The Labute approximate surface area is 145 Å². The predicted molar refractivity (Wildman–Crippen MR) is 92.4 cm³/mol. The van der Waals surface area contributed by atoms with Crippen molar-refractivity contribution in [2.45, 2.75) is 31.3 Å². The highest BCUT2D eigenvalue weighted by atomic mass is 16.6. The zero-order chi connectivity index (χ0) is 17.6. The topological polar surface area (TPSA) is 66.8 Å². The van der Waals surface area contributed by atoms with Gasteiger partial charge in [0.15, 0.2) is 0 Å². The first-order valence-electron chi connectivity index (χ1n) is 8.44. The van der Waals surface area contributed by atoms with E-state index in [2.05, 4.69) is 24.3 Å². The summed E-state index contributed by atoms with van der Waals surface area (Å²) in [5.74, 6) is -0.997. The number of aliphatic carboxylic acids is 1. The lowest BCUT2D eigenvalue weighted by Gasteiger charge is -2.43. The van der Waals surface area contributed by atoms with Crippen LogP contribution in [0.25, 0.3) is 11.1 Å². The van der Waals surface area contributed by atoms with Crippen molar-refractivity contribution in [1.29, 1.82) is 0 Å². The SMILES string of the molecule is CC1CC(C(=O)O)N1C(=O)OCC1c2ccccc2-c2ccccc21. The van der Waals surface area contributed by atoms with Crippen LogP contribution in [-0.4, -0.2) is 40.8 Å². The molecule has 2 unspecified atom stereocenters. The third-order valence-electron chi connectivity index (χ3n) is 5.21. The molecule has 0 aromatic heterocycles. The molecule has 1 saturated heterocycles. The Bertz CT molecular complexity index is 802. The van der Waals surface area contributed by atoms with Crippen molar-refractivity contribution < 1.29 is 19.4 Å². The first-order valence-corrected chi connectivity index (χ1v) is 8.44. The molecule has 2 aliphatic rings. The highest BCUT2D eigenvalue weighted by molar-refractivity contribution is 5.83. The molecule has 4 rings (SSSR count). The van der Waals surface area contributed by atoms with Gasteiger partial charge in [-0.1, -0.05) is 48.5 Å². The van der Waals surface area contributed by atoms with Gasteiger partial charge in [0.25, 0.3) is 0 Å². The number of carbonyl (C=O) groups is 2. The molecule has 1 aliphatic heterocycles. The number of likely N-dealkylation sites (tertiary alicyclic amines) is 1. The number of rotatable bonds is 3. The van der Waals surface area contributed by atoms with Crippen molar-refractivity contribution in [3.8, 4) is 11.1 Å². The Balaban J connectivity index is 1.54. The van der Waals surface area contributed by atoms with Crippen LogP contribution in [-0.2, 0) is 9.53 Å². The van der Waals surface area contributed by atoms with Gasteiger partial charge in [-0.3, -0.25) is 4.90 Å². The molecule has 2 aromatic rings. The minimum Gasteiger partial charge on any atom is -0.480 e. The quantitative estimate of drug-likeness (QED) is 0.931. The van der Waals surface area contributed by atoms with Crippen LogP contribution < -0.4 is 0 Å². The number of carboxylic acids is 1. The summed E-state index contributed by atoms with van der Waals surface area (Å²) >= 11 is 0.